The van der Waals surface area contributed by atoms with Gasteiger partial charge in [0.05, 0.1) is 31.3 Å². The van der Waals surface area contributed by atoms with Crippen molar-refractivity contribution in [3.63, 3.8) is 0 Å². The van der Waals surface area contributed by atoms with Crippen molar-refractivity contribution >= 4 is 41.6 Å². The minimum Gasteiger partial charge on any atom is -0.496 e. The van der Waals surface area contributed by atoms with Gasteiger partial charge in [-0.05, 0) is 118 Å². The van der Waals surface area contributed by atoms with Gasteiger partial charge in [-0.1, -0.05) is 30.3 Å². The topological polar surface area (TPSA) is 135 Å². The van der Waals surface area contributed by atoms with Crippen molar-refractivity contribution in [1.29, 1.82) is 0 Å². The number of H-pyrrole nitrogens is 1. The SMILES string of the molecule is CNC.COc1cc(C2CCC(C(=O)N3CCC(N4Cc5cc(C=O)c(C(=O)N(C)C(C=O)CCC=O)cc5C4)CC3)CC2)ccc1C1c2[nH]c3ccccc3c2CCN1CC(F)F. The number of benzene rings is 3. The summed E-state index contributed by atoms with van der Waals surface area (Å²) in [4.78, 5) is 73.1. The van der Waals surface area contributed by atoms with Crippen molar-refractivity contribution in [3.8, 4) is 5.75 Å². The lowest BCUT2D eigenvalue weighted by atomic mass is 9.77. The van der Waals surface area contributed by atoms with E-state index >= 15 is 0 Å². The Morgan fingerprint density at radius 1 is 0.938 bits per heavy atom. The third-order valence-corrected chi connectivity index (χ3v) is 13.9. The zero-order valence-electron chi connectivity index (χ0n) is 37.5. The second-order valence-electron chi connectivity index (χ2n) is 17.8. The molecule has 14 heteroatoms. The summed E-state index contributed by atoms with van der Waals surface area (Å²) in [7, 11) is 6.91. The largest absolute Gasteiger partial charge is 0.496 e. The van der Waals surface area contributed by atoms with Gasteiger partial charge in [-0.2, -0.15) is 0 Å². The number of nitrogens with one attached hydrogen (secondary N) is 2. The van der Waals surface area contributed by atoms with Gasteiger partial charge in [0.25, 0.3) is 12.3 Å². The van der Waals surface area contributed by atoms with Crippen LogP contribution in [0.5, 0.6) is 5.75 Å². The number of amides is 2. The number of carbonyl (C=O) groups is 5. The molecule has 3 aliphatic heterocycles. The van der Waals surface area contributed by atoms with Crippen LogP contribution >= 0.6 is 0 Å². The Morgan fingerprint density at radius 3 is 2.30 bits per heavy atom. The Kier molecular flexibility index (Phi) is 15.4. The summed E-state index contributed by atoms with van der Waals surface area (Å²) in [6, 6.07) is 17.1. The molecule has 2 unspecified atom stereocenters. The molecule has 4 aromatic rings. The molecule has 2 fully saturated rings. The van der Waals surface area contributed by atoms with Crippen LogP contribution < -0.4 is 10.1 Å². The van der Waals surface area contributed by atoms with E-state index in [1.807, 2.05) is 42.1 Å². The van der Waals surface area contributed by atoms with E-state index in [-0.39, 0.29) is 60.3 Å². The van der Waals surface area contributed by atoms with Crippen LogP contribution in [-0.2, 0) is 33.9 Å². The monoisotopic (exact) mass is 880 g/mol. The number of rotatable bonds is 14. The molecule has 1 saturated heterocycles. The first-order valence-electron chi connectivity index (χ1n) is 22.7. The summed E-state index contributed by atoms with van der Waals surface area (Å²) in [6.45, 7) is 2.85. The minimum absolute atomic E-state index is 0.0244. The number of hydrogen-bond donors (Lipinski definition) is 2. The fourth-order valence-electron chi connectivity index (χ4n) is 10.6. The normalized spacial score (nSPS) is 20.8. The van der Waals surface area contributed by atoms with Crippen LogP contribution in [0.4, 0.5) is 8.78 Å². The Balaban J connectivity index is 0.00000199. The maximum atomic E-state index is 13.9. The molecule has 2 amide bonds. The number of methoxy groups -OCH3 is 1. The number of likely N-dealkylation sites (tertiary alicyclic amines) is 1. The molecule has 1 aliphatic carbocycles. The van der Waals surface area contributed by atoms with E-state index in [0.29, 0.717) is 57.5 Å². The zero-order chi connectivity index (χ0) is 45.5. The number of aromatic nitrogens is 1. The summed E-state index contributed by atoms with van der Waals surface area (Å²) >= 11 is 0. The smallest absolute Gasteiger partial charge is 0.254 e. The molecule has 64 heavy (non-hydrogen) atoms. The summed E-state index contributed by atoms with van der Waals surface area (Å²) in [5.41, 5.74) is 7.67. The van der Waals surface area contributed by atoms with Gasteiger partial charge in [0, 0.05) is 85.9 Å². The van der Waals surface area contributed by atoms with Crippen molar-refractivity contribution in [2.24, 2.45) is 5.92 Å². The van der Waals surface area contributed by atoms with Crippen molar-refractivity contribution in [3.05, 3.63) is 99.2 Å². The fraction of sp³-hybridized carbons (Fsp3) is 0.500. The second kappa shape index (κ2) is 21.1. The predicted molar refractivity (Wildman–Crippen MR) is 242 cm³/mol. The Hall–Kier alpha value is -5.31. The minimum atomic E-state index is -2.46. The highest BCUT2D eigenvalue weighted by Crippen LogP contribution is 2.44. The third-order valence-electron chi connectivity index (χ3n) is 13.9. The number of nitrogens with zero attached hydrogens (tertiary/aromatic N) is 4. The predicted octanol–water partition coefficient (Wildman–Crippen LogP) is 6.94. The van der Waals surface area contributed by atoms with Crippen LogP contribution in [0.15, 0.2) is 54.6 Å². The van der Waals surface area contributed by atoms with Crippen LogP contribution in [0.2, 0.25) is 0 Å². The van der Waals surface area contributed by atoms with E-state index < -0.39 is 18.4 Å². The molecule has 2 atom stereocenters. The number of aromatic amines is 1. The quantitative estimate of drug-likeness (QED) is 0.129. The first-order chi connectivity index (χ1) is 31.0. The molecule has 0 spiro atoms. The lowest BCUT2D eigenvalue weighted by Gasteiger charge is -2.39. The molecule has 0 bridgehead atoms. The van der Waals surface area contributed by atoms with Gasteiger partial charge in [-0.3, -0.25) is 24.2 Å². The molecular weight excluding hydrogens is 819 g/mol. The van der Waals surface area contributed by atoms with Crippen molar-refractivity contribution in [2.75, 3.05) is 54.4 Å². The first-order valence-corrected chi connectivity index (χ1v) is 22.7. The molecule has 342 valence electrons. The van der Waals surface area contributed by atoms with E-state index in [2.05, 4.69) is 39.5 Å². The molecule has 12 nitrogen and oxygen atoms in total. The van der Waals surface area contributed by atoms with E-state index in [1.165, 1.54) is 17.5 Å². The van der Waals surface area contributed by atoms with Crippen molar-refractivity contribution in [2.45, 2.75) is 101 Å². The van der Waals surface area contributed by atoms with Crippen molar-refractivity contribution < 1.29 is 37.5 Å². The summed E-state index contributed by atoms with van der Waals surface area (Å²) in [5.74, 6) is 0.738. The number of halogens is 2. The highest BCUT2D eigenvalue weighted by atomic mass is 19.3. The molecule has 0 radical (unpaired) electrons. The van der Waals surface area contributed by atoms with E-state index in [4.69, 9.17) is 4.74 Å². The van der Waals surface area contributed by atoms with Crippen molar-refractivity contribution in [1.82, 2.24) is 29.9 Å². The number of likely N-dealkylation sites (N-methyl/N-ethyl adjacent to an activating group) is 1. The zero-order valence-corrected chi connectivity index (χ0v) is 37.5. The molecule has 2 N–H and O–H groups in total. The number of piperidine rings is 1. The van der Waals surface area contributed by atoms with Crippen LogP contribution in [0.1, 0.15) is 118 Å². The van der Waals surface area contributed by atoms with Crippen LogP contribution in [0.3, 0.4) is 0 Å². The maximum absolute atomic E-state index is 13.9. The van der Waals surface area contributed by atoms with Gasteiger partial charge in [-0.15, -0.1) is 0 Å². The van der Waals surface area contributed by atoms with Gasteiger partial charge in [-0.25, -0.2) is 8.78 Å². The Morgan fingerprint density at radius 2 is 1.64 bits per heavy atom. The fourth-order valence-corrected chi connectivity index (χ4v) is 10.6. The number of carbonyl (C=O) groups excluding carboxylic acids is 5. The number of para-hydroxylation sites is 1. The molecule has 1 saturated carbocycles. The molecular formula is C50H62F2N6O6. The Bertz CT molecular complexity index is 2300. The van der Waals surface area contributed by atoms with Gasteiger partial charge >= 0.3 is 0 Å². The van der Waals surface area contributed by atoms with Gasteiger partial charge < -0.3 is 34.4 Å². The van der Waals surface area contributed by atoms with Crippen LogP contribution in [0.25, 0.3) is 10.9 Å². The standard InChI is InChI=1S/C48H55F2N5O6.C2H7N/c1-52(37(29-58)6-5-21-56)48(60)41-23-34-26-55(25-33(34)22-35(41)28-57)36-15-18-53(19-16-36)47(59)31-11-9-30(10-12-31)32-13-14-40(43(24-32)61-2)46-45-39(17-20-54(46)27-44(49)50)38-7-3-4-8-42(38)51-45;1-3-2/h3-4,7-8,13-14,21-24,28-31,36-37,44,46,51H,5-6,9-12,15-20,25-27H2,1-2H3;3H,1-2H3. The molecule has 1 aromatic heterocycles. The van der Waals surface area contributed by atoms with E-state index in [0.717, 1.165) is 83.7 Å². The number of alkyl halides is 2. The average molecular weight is 881 g/mol. The third kappa shape index (κ3) is 9.84. The average Bonchev–Trinajstić information content (AvgIpc) is 3.92. The van der Waals surface area contributed by atoms with E-state index in [1.54, 1.807) is 19.2 Å². The number of aldehydes is 3. The number of fused-ring (bicyclic) bond motifs is 4. The van der Waals surface area contributed by atoms with Gasteiger partial charge in [0.1, 0.15) is 18.3 Å². The van der Waals surface area contributed by atoms with Gasteiger partial charge in [0.2, 0.25) is 5.91 Å². The molecule has 4 heterocycles. The second-order valence-corrected chi connectivity index (χ2v) is 17.8. The highest BCUT2D eigenvalue weighted by Gasteiger charge is 2.38. The van der Waals surface area contributed by atoms with Crippen LogP contribution in [0, 0.1) is 5.92 Å². The van der Waals surface area contributed by atoms with E-state index in [9.17, 15) is 32.8 Å². The Labute approximate surface area is 374 Å². The highest BCUT2D eigenvalue weighted by molar-refractivity contribution is 6.02. The molecule has 3 aromatic carbocycles. The summed E-state index contributed by atoms with van der Waals surface area (Å²) < 4.78 is 33.8. The number of ether oxygens (including phenoxy) is 1. The lowest BCUT2D eigenvalue weighted by molar-refractivity contribution is -0.138. The van der Waals surface area contributed by atoms with Gasteiger partial charge in [0.15, 0.2) is 6.29 Å². The number of hydrogen-bond acceptors (Lipinski definition) is 9. The lowest BCUT2D eigenvalue weighted by Crippen LogP contribution is -2.47. The first kappa shape index (κ1) is 46.7. The molecule has 4 aliphatic rings. The molecule has 8 rings (SSSR count). The summed E-state index contributed by atoms with van der Waals surface area (Å²) in [6.07, 6.45) is 5.72. The summed E-state index contributed by atoms with van der Waals surface area (Å²) in [5, 5.41) is 3.88. The van der Waals surface area contributed by atoms with Crippen LogP contribution in [-0.4, -0.2) is 128 Å². The maximum Gasteiger partial charge on any atom is 0.254 e.